The van der Waals surface area contributed by atoms with Gasteiger partial charge in [-0.05, 0) is 51.5 Å². The molecule has 2 aliphatic carbocycles. The SMILES string of the molecule is Cc1ncsc1C1C=C(OC(C)C)C(CNC(=O)C2CCC[N+]2=CC(NC(=O)C2(F)CC2)C(C)(C)C)=CC1. The minimum Gasteiger partial charge on any atom is -0.491 e. The second-order valence-corrected chi connectivity index (χ2v) is 13.0. The molecule has 0 radical (unpaired) electrons. The molecule has 2 amide bonds. The number of aryl methyl sites for hydroxylation is 1. The highest BCUT2D eigenvalue weighted by atomic mass is 32.1. The average molecular weight is 546 g/mol. The number of amides is 2. The number of carbonyl (C=O) groups excluding carboxylic acids is 2. The maximum atomic E-state index is 14.3. The van der Waals surface area contributed by atoms with Crippen LogP contribution >= 0.6 is 11.3 Å². The first-order valence-corrected chi connectivity index (χ1v) is 14.6. The molecule has 0 bridgehead atoms. The van der Waals surface area contributed by atoms with Gasteiger partial charge in [0.15, 0.2) is 11.9 Å². The Morgan fingerprint density at radius 1 is 1.34 bits per heavy atom. The number of ether oxygens (including phenoxy) is 1. The lowest BCUT2D eigenvalue weighted by Gasteiger charge is -2.28. The Hall–Kier alpha value is -2.55. The maximum Gasteiger partial charge on any atom is 0.288 e. The third kappa shape index (κ3) is 6.71. The van der Waals surface area contributed by atoms with Gasteiger partial charge in [-0.25, -0.2) is 13.9 Å². The van der Waals surface area contributed by atoms with Crippen LogP contribution in [0.4, 0.5) is 4.39 Å². The highest BCUT2D eigenvalue weighted by Crippen LogP contribution is 2.40. The molecule has 4 rings (SSSR count). The van der Waals surface area contributed by atoms with Crippen molar-refractivity contribution in [2.75, 3.05) is 13.1 Å². The van der Waals surface area contributed by atoms with E-state index in [2.05, 4.69) is 27.8 Å². The number of alkyl halides is 1. The van der Waals surface area contributed by atoms with Crippen LogP contribution in [-0.2, 0) is 14.3 Å². The standard InChI is InChI=1S/C29H41FN4O3S/c1-18(2)37-23-14-20(25-19(3)32-17-38-25)9-10-21(23)15-31-26(35)22-8-7-13-34(22)16-24(28(4,5)6)33-27(36)29(30)11-12-29/h10,14,16-18,20,22,24H,7-9,11-13,15H2,1-6H3,(H-,31,33,35,36)/p+1. The molecule has 0 aromatic carbocycles. The van der Waals surface area contributed by atoms with Crippen molar-refractivity contribution < 1.29 is 23.3 Å². The Morgan fingerprint density at radius 2 is 2.08 bits per heavy atom. The largest absolute Gasteiger partial charge is 0.491 e. The predicted octanol–water partition coefficient (Wildman–Crippen LogP) is 4.57. The molecule has 2 heterocycles. The lowest BCUT2D eigenvalue weighted by molar-refractivity contribution is -0.528. The topological polar surface area (TPSA) is 83.3 Å². The highest BCUT2D eigenvalue weighted by molar-refractivity contribution is 7.09. The summed E-state index contributed by atoms with van der Waals surface area (Å²) in [5, 5.41) is 6.02. The zero-order valence-electron chi connectivity index (χ0n) is 23.5. The van der Waals surface area contributed by atoms with Gasteiger partial charge < -0.3 is 15.4 Å². The van der Waals surface area contributed by atoms with E-state index in [4.69, 9.17) is 4.74 Å². The van der Waals surface area contributed by atoms with Crippen molar-refractivity contribution in [1.82, 2.24) is 15.6 Å². The molecule has 1 aromatic heterocycles. The van der Waals surface area contributed by atoms with Gasteiger partial charge in [0.2, 0.25) is 6.04 Å². The molecule has 38 heavy (non-hydrogen) atoms. The van der Waals surface area contributed by atoms with Crippen molar-refractivity contribution in [2.45, 2.75) is 103 Å². The van der Waals surface area contributed by atoms with Gasteiger partial charge in [-0.2, -0.15) is 0 Å². The highest BCUT2D eigenvalue weighted by Gasteiger charge is 2.52. The summed E-state index contributed by atoms with van der Waals surface area (Å²) < 4.78 is 22.5. The molecule has 2 N–H and O–H groups in total. The maximum absolute atomic E-state index is 14.3. The summed E-state index contributed by atoms with van der Waals surface area (Å²) >= 11 is 1.66. The van der Waals surface area contributed by atoms with Crippen molar-refractivity contribution in [3.63, 3.8) is 0 Å². The van der Waals surface area contributed by atoms with Gasteiger partial charge in [0.1, 0.15) is 18.3 Å². The van der Waals surface area contributed by atoms with Crippen molar-refractivity contribution in [3.05, 3.63) is 39.6 Å². The Kier molecular flexibility index (Phi) is 8.45. The number of hydrogen-bond donors (Lipinski definition) is 2. The van der Waals surface area contributed by atoms with Crippen molar-refractivity contribution in [1.29, 1.82) is 0 Å². The number of hydrogen-bond acceptors (Lipinski definition) is 5. The van der Waals surface area contributed by atoms with E-state index < -0.39 is 11.6 Å². The Bertz CT molecular complexity index is 1140. The molecule has 2 fully saturated rings. The number of nitrogens with zero attached hydrogens (tertiary/aromatic N) is 2. The smallest absolute Gasteiger partial charge is 0.288 e. The minimum absolute atomic E-state index is 0.0187. The average Bonchev–Trinajstić information content (AvgIpc) is 3.22. The minimum atomic E-state index is -1.73. The van der Waals surface area contributed by atoms with E-state index in [9.17, 15) is 14.0 Å². The van der Waals surface area contributed by atoms with Crippen LogP contribution in [-0.4, -0.2) is 64.5 Å². The zero-order valence-corrected chi connectivity index (χ0v) is 24.3. The van der Waals surface area contributed by atoms with E-state index in [1.165, 1.54) is 4.88 Å². The molecule has 3 atom stereocenters. The van der Waals surface area contributed by atoms with E-state index >= 15 is 0 Å². The van der Waals surface area contributed by atoms with Crippen LogP contribution in [0.15, 0.2) is 29.0 Å². The summed E-state index contributed by atoms with van der Waals surface area (Å²) in [5.74, 6) is 0.440. The quantitative estimate of drug-likeness (QED) is 0.446. The molecule has 3 aliphatic rings. The third-order valence-corrected chi connectivity index (χ3v) is 8.54. The summed E-state index contributed by atoms with van der Waals surface area (Å²) in [6.07, 6.45) is 9.28. The number of thiazole rings is 1. The second-order valence-electron chi connectivity index (χ2n) is 12.1. The monoisotopic (exact) mass is 545 g/mol. The van der Waals surface area contributed by atoms with E-state index in [1.54, 1.807) is 11.3 Å². The Labute approximate surface area is 229 Å². The first-order chi connectivity index (χ1) is 17.9. The number of halogens is 1. The fraction of sp³-hybridized carbons (Fsp3) is 0.655. The van der Waals surface area contributed by atoms with Crippen molar-refractivity contribution in [3.8, 4) is 0 Å². The molecule has 0 spiro atoms. The normalized spacial score (nSPS) is 24.6. The zero-order chi connectivity index (χ0) is 27.7. The molecular weight excluding hydrogens is 503 g/mol. The summed E-state index contributed by atoms with van der Waals surface area (Å²) in [5.41, 5.74) is 1.86. The fourth-order valence-corrected chi connectivity index (χ4v) is 5.82. The molecule has 208 valence electrons. The molecule has 1 saturated carbocycles. The van der Waals surface area contributed by atoms with Crippen LogP contribution < -0.4 is 10.6 Å². The number of aromatic nitrogens is 1. The van der Waals surface area contributed by atoms with Crippen LogP contribution in [0.3, 0.4) is 0 Å². The van der Waals surface area contributed by atoms with E-state index in [0.29, 0.717) is 6.54 Å². The first-order valence-electron chi connectivity index (χ1n) is 13.7. The van der Waals surface area contributed by atoms with E-state index in [-0.39, 0.29) is 48.3 Å². The van der Waals surface area contributed by atoms with Gasteiger partial charge in [-0.1, -0.05) is 26.8 Å². The summed E-state index contributed by atoms with van der Waals surface area (Å²) in [4.78, 5) is 31.4. The van der Waals surface area contributed by atoms with Crippen LogP contribution in [0.5, 0.6) is 0 Å². The number of nitrogens with one attached hydrogen (secondary N) is 2. The molecule has 1 saturated heterocycles. The number of carbonyl (C=O) groups is 2. The van der Waals surface area contributed by atoms with E-state index in [1.807, 2.05) is 57.8 Å². The molecule has 1 aromatic rings. The van der Waals surface area contributed by atoms with Gasteiger partial charge in [-0.15, -0.1) is 11.3 Å². The van der Waals surface area contributed by atoms with Gasteiger partial charge >= 0.3 is 0 Å². The lowest BCUT2D eigenvalue weighted by Crippen LogP contribution is -2.51. The third-order valence-electron chi connectivity index (χ3n) is 7.48. The summed E-state index contributed by atoms with van der Waals surface area (Å²) in [7, 11) is 0. The van der Waals surface area contributed by atoms with Gasteiger partial charge in [0, 0.05) is 35.8 Å². The second kappa shape index (κ2) is 11.3. The van der Waals surface area contributed by atoms with Crippen LogP contribution in [0.2, 0.25) is 0 Å². The summed E-state index contributed by atoms with van der Waals surface area (Å²) in [6.45, 7) is 13.2. The number of allylic oxidation sites excluding steroid dienone is 2. The Morgan fingerprint density at radius 3 is 2.68 bits per heavy atom. The van der Waals surface area contributed by atoms with Crippen LogP contribution in [0.25, 0.3) is 0 Å². The predicted molar refractivity (Wildman–Crippen MR) is 148 cm³/mol. The first kappa shape index (κ1) is 28.5. The fourth-order valence-electron chi connectivity index (χ4n) is 4.93. The molecule has 7 nitrogen and oxygen atoms in total. The van der Waals surface area contributed by atoms with Crippen LogP contribution in [0.1, 0.15) is 83.2 Å². The lowest BCUT2D eigenvalue weighted by atomic mass is 9.87. The van der Waals surface area contributed by atoms with Crippen molar-refractivity contribution >= 4 is 29.4 Å². The molecule has 9 heteroatoms. The molecule has 1 aliphatic heterocycles. The van der Waals surface area contributed by atoms with E-state index in [0.717, 1.165) is 42.8 Å². The molecular formula is C29H42FN4O3S+. The van der Waals surface area contributed by atoms with Gasteiger partial charge in [-0.3, -0.25) is 9.59 Å². The molecule has 3 unspecified atom stereocenters. The summed E-state index contributed by atoms with van der Waals surface area (Å²) in [6, 6.07) is -0.703. The van der Waals surface area contributed by atoms with Gasteiger partial charge in [0.05, 0.1) is 17.3 Å². The number of rotatable bonds is 9. The Balaban J connectivity index is 1.43. The van der Waals surface area contributed by atoms with Crippen molar-refractivity contribution in [2.24, 2.45) is 5.41 Å². The van der Waals surface area contributed by atoms with Crippen LogP contribution in [0, 0.1) is 12.3 Å². The van der Waals surface area contributed by atoms with Gasteiger partial charge in [0.25, 0.3) is 11.8 Å².